The number of hydrogen-bond acceptors (Lipinski definition) is 1. The van der Waals surface area contributed by atoms with Gasteiger partial charge in [-0.05, 0) is 46.1 Å². The van der Waals surface area contributed by atoms with E-state index in [0.29, 0.717) is 0 Å². The van der Waals surface area contributed by atoms with Gasteiger partial charge in [0.05, 0.1) is 0 Å². The summed E-state index contributed by atoms with van der Waals surface area (Å²) >= 11 is 0. The van der Waals surface area contributed by atoms with E-state index in [2.05, 4.69) is 31.8 Å². The summed E-state index contributed by atoms with van der Waals surface area (Å²) in [4.78, 5) is 0. The topological polar surface area (TPSA) is 12.0 Å². The molecule has 13 heavy (non-hydrogen) atoms. The molecule has 0 radical (unpaired) electrons. The molecule has 0 bridgehead atoms. The first kappa shape index (κ1) is 10.5. The van der Waals surface area contributed by atoms with Crippen LogP contribution < -0.4 is 5.32 Å². The standard InChI is InChI=1S/C12H21N/c1-10(2)9-11(3)5-4-8-13-12-6-7-12/h5,12-13H,1,4,6-9H2,2-3H3. The van der Waals surface area contributed by atoms with Crippen molar-refractivity contribution in [3.63, 3.8) is 0 Å². The summed E-state index contributed by atoms with van der Waals surface area (Å²) < 4.78 is 0. The zero-order valence-electron chi connectivity index (χ0n) is 8.90. The van der Waals surface area contributed by atoms with Crippen molar-refractivity contribution in [3.05, 3.63) is 23.8 Å². The van der Waals surface area contributed by atoms with Crippen molar-refractivity contribution < 1.29 is 0 Å². The first-order valence-electron chi connectivity index (χ1n) is 5.22. The molecule has 1 aliphatic rings. The third-order valence-corrected chi connectivity index (χ3v) is 2.23. The Hall–Kier alpha value is -0.560. The summed E-state index contributed by atoms with van der Waals surface area (Å²) in [6, 6.07) is 0.842. The van der Waals surface area contributed by atoms with Gasteiger partial charge in [-0.2, -0.15) is 0 Å². The van der Waals surface area contributed by atoms with Crippen LogP contribution in [0.1, 0.15) is 39.5 Å². The Bertz CT molecular complexity index is 199. The van der Waals surface area contributed by atoms with E-state index in [-0.39, 0.29) is 0 Å². The van der Waals surface area contributed by atoms with E-state index in [1.165, 1.54) is 24.0 Å². The second kappa shape index (κ2) is 5.23. The van der Waals surface area contributed by atoms with Crippen molar-refractivity contribution >= 4 is 0 Å². The van der Waals surface area contributed by atoms with E-state index in [0.717, 1.165) is 25.4 Å². The summed E-state index contributed by atoms with van der Waals surface area (Å²) in [5.41, 5.74) is 2.70. The van der Waals surface area contributed by atoms with Gasteiger partial charge in [-0.15, -0.1) is 0 Å². The van der Waals surface area contributed by atoms with Crippen LogP contribution in [0.25, 0.3) is 0 Å². The zero-order chi connectivity index (χ0) is 9.68. The van der Waals surface area contributed by atoms with Crippen molar-refractivity contribution in [3.8, 4) is 0 Å². The second-order valence-corrected chi connectivity index (χ2v) is 4.20. The molecular weight excluding hydrogens is 158 g/mol. The molecule has 0 saturated heterocycles. The highest BCUT2D eigenvalue weighted by Crippen LogP contribution is 2.18. The molecule has 1 saturated carbocycles. The van der Waals surface area contributed by atoms with Crippen LogP contribution >= 0.6 is 0 Å². The van der Waals surface area contributed by atoms with Crippen LogP contribution in [0.3, 0.4) is 0 Å². The number of nitrogens with one attached hydrogen (secondary N) is 1. The van der Waals surface area contributed by atoms with E-state index in [1.54, 1.807) is 0 Å². The van der Waals surface area contributed by atoms with Gasteiger partial charge in [-0.25, -0.2) is 0 Å². The summed E-state index contributed by atoms with van der Waals surface area (Å²) in [6.45, 7) is 9.31. The van der Waals surface area contributed by atoms with E-state index in [4.69, 9.17) is 0 Å². The van der Waals surface area contributed by atoms with Crippen LogP contribution in [-0.4, -0.2) is 12.6 Å². The van der Waals surface area contributed by atoms with Gasteiger partial charge in [0.2, 0.25) is 0 Å². The van der Waals surface area contributed by atoms with Crippen LogP contribution in [0.2, 0.25) is 0 Å². The third-order valence-electron chi connectivity index (χ3n) is 2.23. The predicted octanol–water partition coefficient (Wildman–Crippen LogP) is 3.04. The van der Waals surface area contributed by atoms with Crippen LogP contribution in [-0.2, 0) is 0 Å². The molecule has 1 N–H and O–H groups in total. The highest BCUT2D eigenvalue weighted by molar-refractivity contribution is 5.08. The Balaban J connectivity index is 2.03. The summed E-state index contributed by atoms with van der Waals surface area (Å²) in [5.74, 6) is 0. The summed E-state index contributed by atoms with van der Waals surface area (Å²) in [7, 11) is 0. The maximum Gasteiger partial charge on any atom is 0.00683 e. The van der Waals surface area contributed by atoms with Crippen molar-refractivity contribution in [2.75, 3.05) is 6.54 Å². The number of allylic oxidation sites excluding steroid dienone is 2. The SMILES string of the molecule is C=C(C)CC(C)=CCCNC1CC1. The molecule has 0 aromatic carbocycles. The first-order chi connectivity index (χ1) is 6.18. The summed E-state index contributed by atoms with van der Waals surface area (Å²) in [5, 5.41) is 3.50. The first-order valence-corrected chi connectivity index (χ1v) is 5.22. The lowest BCUT2D eigenvalue weighted by Gasteiger charge is -2.01. The lowest BCUT2D eigenvalue weighted by atomic mass is 10.1. The molecule has 0 aromatic rings. The maximum absolute atomic E-state index is 3.91. The second-order valence-electron chi connectivity index (χ2n) is 4.20. The molecule has 74 valence electrons. The van der Waals surface area contributed by atoms with Gasteiger partial charge in [0, 0.05) is 6.04 Å². The van der Waals surface area contributed by atoms with E-state index in [1.807, 2.05) is 0 Å². The minimum Gasteiger partial charge on any atom is -0.314 e. The minimum absolute atomic E-state index is 0.842. The van der Waals surface area contributed by atoms with Crippen LogP contribution in [0.5, 0.6) is 0 Å². The number of rotatable bonds is 6. The molecule has 1 nitrogen and oxygen atoms in total. The molecule has 0 aromatic heterocycles. The van der Waals surface area contributed by atoms with Crippen molar-refractivity contribution in [2.45, 2.75) is 45.6 Å². The largest absolute Gasteiger partial charge is 0.314 e. The average molecular weight is 179 g/mol. The molecular formula is C12H21N. The van der Waals surface area contributed by atoms with E-state index >= 15 is 0 Å². The van der Waals surface area contributed by atoms with Gasteiger partial charge in [0.25, 0.3) is 0 Å². The molecule has 0 aliphatic heterocycles. The molecule has 1 heteroatoms. The van der Waals surface area contributed by atoms with E-state index in [9.17, 15) is 0 Å². The lowest BCUT2D eigenvalue weighted by molar-refractivity contribution is 0.688. The van der Waals surface area contributed by atoms with Crippen LogP contribution in [0.15, 0.2) is 23.8 Å². The average Bonchev–Trinajstić information content (AvgIpc) is 2.80. The fraction of sp³-hybridized carbons (Fsp3) is 0.667. The molecule has 0 unspecified atom stereocenters. The summed E-state index contributed by atoms with van der Waals surface area (Å²) in [6.07, 6.45) is 7.31. The van der Waals surface area contributed by atoms with Gasteiger partial charge < -0.3 is 5.32 Å². The van der Waals surface area contributed by atoms with Gasteiger partial charge in [-0.1, -0.05) is 23.8 Å². The monoisotopic (exact) mass is 179 g/mol. The van der Waals surface area contributed by atoms with Crippen molar-refractivity contribution in [1.29, 1.82) is 0 Å². The smallest absolute Gasteiger partial charge is 0.00683 e. The Labute approximate surface area is 81.9 Å². The maximum atomic E-state index is 3.91. The molecule has 0 amide bonds. The third kappa shape index (κ3) is 5.64. The highest BCUT2D eigenvalue weighted by Gasteiger charge is 2.19. The number of hydrogen-bond donors (Lipinski definition) is 1. The van der Waals surface area contributed by atoms with Crippen molar-refractivity contribution in [2.24, 2.45) is 0 Å². The molecule has 1 aliphatic carbocycles. The molecule has 0 atom stereocenters. The lowest BCUT2D eigenvalue weighted by Crippen LogP contribution is -2.16. The van der Waals surface area contributed by atoms with E-state index < -0.39 is 0 Å². The van der Waals surface area contributed by atoms with Gasteiger partial charge in [-0.3, -0.25) is 0 Å². The predicted molar refractivity (Wildman–Crippen MR) is 58.8 cm³/mol. The quantitative estimate of drug-likeness (QED) is 0.488. The Morgan fingerprint density at radius 2 is 2.15 bits per heavy atom. The zero-order valence-corrected chi connectivity index (χ0v) is 8.90. The van der Waals surface area contributed by atoms with Gasteiger partial charge in [0.1, 0.15) is 0 Å². The Kier molecular flexibility index (Phi) is 4.23. The van der Waals surface area contributed by atoms with Gasteiger partial charge in [0.15, 0.2) is 0 Å². The molecule has 0 heterocycles. The van der Waals surface area contributed by atoms with Crippen molar-refractivity contribution in [1.82, 2.24) is 5.32 Å². The van der Waals surface area contributed by atoms with Crippen LogP contribution in [0.4, 0.5) is 0 Å². The fourth-order valence-corrected chi connectivity index (χ4v) is 1.44. The molecule has 1 fully saturated rings. The Morgan fingerprint density at radius 3 is 2.69 bits per heavy atom. The normalized spacial score (nSPS) is 17.5. The Morgan fingerprint density at radius 1 is 1.46 bits per heavy atom. The molecule has 0 spiro atoms. The van der Waals surface area contributed by atoms with Gasteiger partial charge >= 0.3 is 0 Å². The molecule has 1 rings (SSSR count). The fourth-order valence-electron chi connectivity index (χ4n) is 1.44. The highest BCUT2D eigenvalue weighted by atomic mass is 14.9. The minimum atomic E-state index is 0.842. The van der Waals surface area contributed by atoms with Crippen LogP contribution in [0, 0.1) is 0 Å².